The molecule has 0 aliphatic heterocycles. The average molecular weight is 390 g/mol. The number of nitrogens with one attached hydrogen (secondary N) is 2. The van der Waals surface area contributed by atoms with Crippen LogP contribution in [0.2, 0.25) is 0 Å². The van der Waals surface area contributed by atoms with Crippen LogP contribution in [0.25, 0.3) is 22.3 Å². The summed E-state index contributed by atoms with van der Waals surface area (Å²) in [5.41, 5.74) is 1.44. The summed E-state index contributed by atoms with van der Waals surface area (Å²) in [6.07, 6.45) is 0. The van der Waals surface area contributed by atoms with Gasteiger partial charge in [0.1, 0.15) is 29.4 Å². The number of aromatic amines is 1. The zero-order valence-corrected chi connectivity index (χ0v) is 15.3. The van der Waals surface area contributed by atoms with E-state index in [9.17, 15) is 13.6 Å². The first-order valence-corrected chi connectivity index (χ1v) is 8.74. The van der Waals surface area contributed by atoms with E-state index < -0.39 is 11.4 Å². The molecular formula is C17H16N3O6S-. The molecule has 0 amide bonds. The van der Waals surface area contributed by atoms with E-state index in [0.717, 1.165) is 0 Å². The predicted molar refractivity (Wildman–Crippen MR) is 99.4 cm³/mol. The molecule has 9 nitrogen and oxygen atoms in total. The second-order valence-electron chi connectivity index (χ2n) is 5.36. The Morgan fingerprint density at radius 3 is 2.56 bits per heavy atom. The summed E-state index contributed by atoms with van der Waals surface area (Å²) in [7, 11) is 2.99. The fraction of sp³-hybridized carbons (Fsp3) is 0.176. The summed E-state index contributed by atoms with van der Waals surface area (Å²) in [4.78, 5) is 19.8. The molecule has 142 valence electrons. The van der Waals surface area contributed by atoms with Crippen molar-refractivity contribution in [2.24, 2.45) is 0 Å². The predicted octanol–water partition coefficient (Wildman–Crippen LogP) is 1.79. The lowest BCUT2D eigenvalue weighted by Crippen LogP contribution is -2.11. The van der Waals surface area contributed by atoms with Crippen LogP contribution in [-0.4, -0.2) is 39.7 Å². The lowest BCUT2D eigenvalue weighted by atomic mass is 10.1. The van der Waals surface area contributed by atoms with Crippen molar-refractivity contribution in [2.45, 2.75) is 0 Å². The first-order chi connectivity index (χ1) is 13.0. The number of H-pyrrole nitrogens is 1. The summed E-state index contributed by atoms with van der Waals surface area (Å²) in [5.74, 6) is 1.28. The Morgan fingerprint density at radius 2 is 1.93 bits per heavy atom. The maximum atomic E-state index is 12.5. The molecule has 3 rings (SSSR count). The Kier molecular flexibility index (Phi) is 5.69. The Bertz CT molecular complexity index is 1040. The van der Waals surface area contributed by atoms with Gasteiger partial charge in [-0.25, -0.2) is 9.19 Å². The van der Waals surface area contributed by atoms with Crippen LogP contribution in [-0.2, 0) is 15.5 Å². The van der Waals surface area contributed by atoms with Gasteiger partial charge in [-0.1, -0.05) is 0 Å². The van der Waals surface area contributed by atoms with E-state index in [4.69, 9.17) is 9.47 Å². The number of benzene rings is 2. The van der Waals surface area contributed by atoms with E-state index in [-0.39, 0.29) is 12.3 Å². The topological polar surface area (TPSA) is 126 Å². The molecule has 2 aromatic carbocycles. The average Bonchev–Trinajstić information content (AvgIpc) is 2.67. The molecule has 0 spiro atoms. The molecule has 0 radical (unpaired) electrons. The van der Waals surface area contributed by atoms with Gasteiger partial charge < -0.3 is 24.3 Å². The first kappa shape index (κ1) is 18.8. The van der Waals surface area contributed by atoms with Crippen LogP contribution in [0.3, 0.4) is 0 Å². The van der Waals surface area contributed by atoms with Gasteiger partial charge in [0.05, 0.1) is 31.1 Å². The fourth-order valence-electron chi connectivity index (χ4n) is 2.53. The number of nitrogens with zero attached hydrogens (tertiary/aromatic N) is 1. The van der Waals surface area contributed by atoms with Crippen LogP contribution in [0, 0.1) is 0 Å². The Labute approximate surface area is 156 Å². The minimum Gasteiger partial charge on any atom is -0.750 e. The van der Waals surface area contributed by atoms with E-state index in [1.165, 1.54) is 14.2 Å². The van der Waals surface area contributed by atoms with E-state index in [2.05, 4.69) is 19.5 Å². The molecule has 3 aromatic rings. The second-order valence-corrected chi connectivity index (χ2v) is 6.00. The number of hydrogen-bond donors (Lipinski definition) is 2. The van der Waals surface area contributed by atoms with Crippen molar-refractivity contribution < 1.29 is 22.4 Å². The first-order valence-electron chi connectivity index (χ1n) is 7.74. The van der Waals surface area contributed by atoms with E-state index in [1.54, 1.807) is 36.4 Å². The molecule has 10 heteroatoms. The number of hydrogen-bond acceptors (Lipinski definition) is 8. The smallest absolute Gasteiger partial charge is 0.262 e. The highest BCUT2D eigenvalue weighted by atomic mass is 32.2. The summed E-state index contributed by atoms with van der Waals surface area (Å²) in [5, 5.41) is 3.12. The highest BCUT2D eigenvalue weighted by Gasteiger charge is 2.13. The van der Waals surface area contributed by atoms with Crippen molar-refractivity contribution in [1.82, 2.24) is 9.97 Å². The Morgan fingerprint density at radius 1 is 1.19 bits per heavy atom. The molecule has 1 atom stereocenters. The molecule has 0 aliphatic carbocycles. The van der Waals surface area contributed by atoms with Crippen molar-refractivity contribution in [3.63, 3.8) is 0 Å². The van der Waals surface area contributed by atoms with Gasteiger partial charge in [-0.05, 0) is 24.3 Å². The van der Waals surface area contributed by atoms with E-state index >= 15 is 0 Å². The van der Waals surface area contributed by atoms with Crippen molar-refractivity contribution in [1.29, 1.82) is 0 Å². The number of rotatable bonds is 7. The summed E-state index contributed by atoms with van der Waals surface area (Å²) in [6, 6.07) is 10.2. The lowest BCUT2D eigenvalue weighted by molar-refractivity contribution is 0.323. The number of ether oxygens (including phenoxy) is 2. The van der Waals surface area contributed by atoms with E-state index in [0.29, 0.717) is 39.5 Å². The molecule has 0 fully saturated rings. The lowest BCUT2D eigenvalue weighted by Gasteiger charge is -2.10. The highest BCUT2D eigenvalue weighted by Crippen LogP contribution is 2.28. The number of anilines is 1. The van der Waals surface area contributed by atoms with Gasteiger partial charge in [0.15, 0.2) is 0 Å². The van der Waals surface area contributed by atoms with Gasteiger partial charge in [-0.2, -0.15) is 0 Å². The summed E-state index contributed by atoms with van der Waals surface area (Å²) in [6.45, 7) is -0.180. The zero-order valence-electron chi connectivity index (χ0n) is 14.5. The SMILES string of the molecule is COc1cc(OC)c2c(=O)[nH]c(-c3ccc(NCOS(=O)[O-])cc3)nc2c1. The van der Waals surface area contributed by atoms with Gasteiger partial charge in [-0.3, -0.25) is 8.98 Å². The van der Waals surface area contributed by atoms with Crippen LogP contribution >= 0.6 is 0 Å². The molecular weight excluding hydrogens is 374 g/mol. The molecule has 1 unspecified atom stereocenters. The summed E-state index contributed by atoms with van der Waals surface area (Å²) >= 11 is -2.58. The maximum Gasteiger partial charge on any atom is 0.262 e. The Balaban J connectivity index is 1.95. The number of aromatic nitrogens is 2. The van der Waals surface area contributed by atoms with Crippen LogP contribution in [0.15, 0.2) is 41.2 Å². The number of fused-ring (bicyclic) bond motifs is 1. The third kappa shape index (κ3) is 4.25. The molecule has 0 saturated carbocycles. The third-order valence-electron chi connectivity index (χ3n) is 3.79. The second kappa shape index (κ2) is 8.16. The van der Waals surface area contributed by atoms with Gasteiger partial charge in [0, 0.05) is 23.4 Å². The molecule has 27 heavy (non-hydrogen) atoms. The zero-order chi connectivity index (χ0) is 19.4. The van der Waals surface area contributed by atoms with Crippen LogP contribution in [0.5, 0.6) is 11.5 Å². The van der Waals surface area contributed by atoms with Crippen molar-refractivity contribution in [2.75, 3.05) is 26.3 Å². The van der Waals surface area contributed by atoms with Gasteiger partial charge in [0.25, 0.3) is 5.56 Å². The molecule has 0 aliphatic rings. The Hall–Kier alpha value is -2.95. The number of methoxy groups -OCH3 is 2. The van der Waals surface area contributed by atoms with Gasteiger partial charge in [-0.15, -0.1) is 0 Å². The minimum absolute atomic E-state index is 0.180. The molecule has 1 heterocycles. The van der Waals surface area contributed by atoms with E-state index in [1.807, 2.05) is 0 Å². The van der Waals surface area contributed by atoms with Crippen molar-refractivity contribution in [3.05, 3.63) is 46.8 Å². The largest absolute Gasteiger partial charge is 0.750 e. The van der Waals surface area contributed by atoms with Crippen LogP contribution in [0.4, 0.5) is 5.69 Å². The van der Waals surface area contributed by atoms with Crippen LogP contribution in [0.1, 0.15) is 0 Å². The summed E-state index contributed by atoms with van der Waals surface area (Å²) < 4.78 is 35.6. The van der Waals surface area contributed by atoms with Crippen molar-refractivity contribution >= 4 is 28.0 Å². The monoisotopic (exact) mass is 390 g/mol. The maximum absolute atomic E-state index is 12.5. The quantitative estimate of drug-likeness (QED) is 0.462. The fourth-order valence-corrected chi connectivity index (χ4v) is 2.69. The third-order valence-corrected chi connectivity index (χ3v) is 4.10. The van der Waals surface area contributed by atoms with Crippen molar-refractivity contribution in [3.8, 4) is 22.9 Å². The normalized spacial score (nSPS) is 12.0. The molecule has 0 bridgehead atoms. The van der Waals surface area contributed by atoms with Gasteiger partial charge >= 0.3 is 0 Å². The minimum atomic E-state index is -2.58. The van der Waals surface area contributed by atoms with Gasteiger partial charge in [0.2, 0.25) is 0 Å². The highest BCUT2D eigenvalue weighted by molar-refractivity contribution is 7.74. The molecule has 1 aromatic heterocycles. The molecule has 0 saturated heterocycles. The molecule has 2 N–H and O–H groups in total. The van der Waals surface area contributed by atoms with Crippen LogP contribution < -0.4 is 20.3 Å². The standard InChI is InChI=1S/C17H17N3O6S/c1-24-12-7-13-15(14(8-12)25-2)17(21)20-16(19-13)10-3-5-11(6-4-10)18-9-26-27(22)23/h3-8,18H,9H2,1-2H3,(H,22,23)(H,19,20,21)/p-1.